The van der Waals surface area contributed by atoms with Crippen molar-refractivity contribution in [1.82, 2.24) is 24.5 Å². The lowest BCUT2D eigenvalue weighted by Gasteiger charge is -2.29. The molecule has 6 nitrogen and oxygen atoms in total. The summed E-state index contributed by atoms with van der Waals surface area (Å²) >= 11 is 0. The summed E-state index contributed by atoms with van der Waals surface area (Å²) in [4.78, 5) is 22.1. The van der Waals surface area contributed by atoms with Crippen molar-refractivity contribution < 1.29 is 4.79 Å². The molecule has 4 rings (SSSR count). The van der Waals surface area contributed by atoms with E-state index in [4.69, 9.17) is 0 Å². The fourth-order valence-corrected chi connectivity index (χ4v) is 3.24. The van der Waals surface area contributed by atoms with Gasteiger partial charge in [0, 0.05) is 50.1 Å². The number of rotatable bonds is 2. The summed E-state index contributed by atoms with van der Waals surface area (Å²) in [7, 11) is 0. The van der Waals surface area contributed by atoms with Crippen LogP contribution in [0, 0.1) is 0 Å². The second-order valence-corrected chi connectivity index (χ2v) is 6.21. The van der Waals surface area contributed by atoms with E-state index in [2.05, 4.69) is 21.1 Å². The highest BCUT2D eigenvalue weighted by Gasteiger charge is 2.25. The number of hydrogen-bond acceptors (Lipinski definition) is 4. The molecule has 0 aliphatic carbocycles. The molecule has 1 aliphatic rings. The van der Waals surface area contributed by atoms with Crippen LogP contribution in [-0.4, -0.2) is 43.5 Å². The van der Waals surface area contributed by atoms with Gasteiger partial charge in [0.05, 0.1) is 0 Å². The highest BCUT2D eigenvalue weighted by Crippen LogP contribution is 2.27. The van der Waals surface area contributed by atoms with E-state index in [1.165, 1.54) is 0 Å². The fourth-order valence-electron chi connectivity index (χ4n) is 3.24. The quantitative estimate of drug-likeness (QED) is 0.727. The van der Waals surface area contributed by atoms with Crippen LogP contribution >= 0.6 is 0 Å². The molecule has 1 aliphatic heterocycles. The van der Waals surface area contributed by atoms with Crippen LogP contribution in [0.2, 0.25) is 0 Å². The number of fused-ring (bicyclic) bond motifs is 1. The van der Waals surface area contributed by atoms with Crippen LogP contribution in [0.1, 0.15) is 31.5 Å². The topological polar surface area (TPSA) is 63.4 Å². The van der Waals surface area contributed by atoms with Crippen molar-refractivity contribution in [2.24, 2.45) is 0 Å². The molecule has 1 fully saturated rings. The molecule has 6 heteroatoms. The van der Waals surface area contributed by atoms with Crippen LogP contribution in [-0.2, 0) is 4.79 Å². The molecule has 1 amide bonds. The molecule has 122 valence electrons. The Balaban J connectivity index is 1.59. The molecular weight excluding hydrogens is 302 g/mol. The van der Waals surface area contributed by atoms with Crippen LogP contribution in [0.5, 0.6) is 0 Å². The second-order valence-electron chi connectivity index (χ2n) is 6.21. The molecule has 1 saturated heterocycles. The zero-order valence-electron chi connectivity index (χ0n) is 13.6. The van der Waals surface area contributed by atoms with Crippen molar-refractivity contribution in [2.75, 3.05) is 13.1 Å². The number of aromatic nitrogens is 4. The summed E-state index contributed by atoms with van der Waals surface area (Å²) in [5.41, 5.74) is 3.06. The molecule has 4 heterocycles. The molecule has 0 bridgehead atoms. The van der Waals surface area contributed by atoms with E-state index in [9.17, 15) is 4.79 Å². The Bertz CT molecular complexity index is 866. The number of carbonyl (C=O) groups excluding carboxylic acids is 1. The molecule has 0 unspecified atom stereocenters. The third-order valence-electron chi connectivity index (χ3n) is 4.67. The molecule has 0 spiro atoms. The summed E-state index contributed by atoms with van der Waals surface area (Å²) in [5.74, 6) is 1.35. The Kier molecular flexibility index (Phi) is 3.72. The second kappa shape index (κ2) is 6.03. The molecule has 0 atom stereocenters. The van der Waals surface area contributed by atoms with Crippen LogP contribution in [0.4, 0.5) is 0 Å². The molecule has 0 N–H and O–H groups in total. The van der Waals surface area contributed by atoms with Gasteiger partial charge in [-0.25, -0.2) is 9.50 Å². The first kappa shape index (κ1) is 14.8. The summed E-state index contributed by atoms with van der Waals surface area (Å²) < 4.78 is 1.85. The maximum absolute atomic E-state index is 11.4. The summed E-state index contributed by atoms with van der Waals surface area (Å²) in [6, 6.07) is 8.02. The predicted octanol–water partition coefficient (Wildman–Crippen LogP) is 2.52. The highest BCUT2D eigenvalue weighted by molar-refractivity contribution is 5.73. The van der Waals surface area contributed by atoms with E-state index >= 15 is 0 Å². The van der Waals surface area contributed by atoms with Crippen molar-refractivity contribution in [1.29, 1.82) is 0 Å². The van der Waals surface area contributed by atoms with Crippen LogP contribution < -0.4 is 0 Å². The van der Waals surface area contributed by atoms with E-state index < -0.39 is 0 Å². The van der Waals surface area contributed by atoms with Gasteiger partial charge in [0.15, 0.2) is 11.5 Å². The number of carbonyl (C=O) groups is 1. The molecule has 3 aromatic rings. The van der Waals surface area contributed by atoms with Crippen molar-refractivity contribution >= 4 is 11.6 Å². The van der Waals surface area contributed by atoms with Crippen molar-refractivity contribution in [3.63, 3.8) is 0 Å². The maximum atomic E-state index is 11.4. The van der Waals surface area contributed by atoms with E-state index in [1.807, 2.05) is 33.8 Å². The Morgan fingerprint density at radius 1 is 1.08 bits per heavy atom. The number of hydrogen-bond donors (Lipinski definition) is 0. The van der Waals surface area contributed by atoms with E-state index in [-0.39, 0.29) is 5.91 Å². The lowest BCUT2D eigenvalue weighted by Crippen LogP contribution is -2.36. The van der Waals surface area contributed by atoms with Gasteiger partial charge in [-0.3, -0.25) is 9.78 Å². The first-order chi connectivity index (χ1) is 11.7. The average molecular weight is 321 g/mol. The Morgan fingerprint density at radius 2 is 1.83 bits per heavy atom. The minimum absolute atomic E-state index is 0.151. The van der Waals surface area contributed by atoms with Crippen LogP contribution in [0.15, 0.2) is 42.9 Å². The Labute approximate surface area is 140 Å². The molecular formula is C18H19N5O. The van der Waals surface area contributed by atoms with Gasteiger partial charge in [-0.15, -0.1) is 0 Å². The standard InChI is InChI=1S/C18H19N5O/c1-13(24)22-10-6-15(7-11-22)18-20-17-3-2-16(12-23(17)21-18)14-4-8-19-9-5-14/h2-5,8-9,12,15H,6-7,10-11H2,1H3. The van der Waals surface area contributed by atoms with E-state index in [0.29, 0.717) is 5.92 Å². The molecule has 0 saturated carbocycles. The highest BCUT2D eigenvalue weighted by atomic mass is 16.2. The molecule has 3 aromatic heterocycles. The third kappa shape index (κ3) is 2.75. The number of pyridine rings is 2. The van der Waals surface area contributed by atoms with Crippen molar-refractivity contribution in [2.45, 2.75) is 25.7 Å². The van der Waals surface area contributed by atoms with Gasteiger partial charge in [0.1, 0.15) is 0 Å². The van der Waals surface area contributed by atoms with Crippen molar-refractivity contribution in [3.05, 3.63) is 48.7 Å². The molecule has 0 aromatic carbocycles. The number of piperidine rings is 1. The van der Waals surface area contributed by atoms with Crippen LogP contribution in [0.3, 0.4) is 0 Å². The number of likely N-dealkylation sites (tertiary alicyclic amines) is 1. The lowest BCUT2D eigenvalue weighted by molar-refractivity contribution is -0.129. The zero-order chi connectivity index (χ0) is 16.5. The van der Waals surface area contributed by atoms with Gasteiger partial charge in [0.2, 0.25) is 5.91 Å². The number of nitrogens with zero attached hydrogens (tertiary/aromatic N) is 5. The first-order valence-corrected chi connectivity index (χ1v) is 8.23. The zero-order valence-corrected chi connectivity index (χ0v) is 13.6. The van der Waals surface area contributed by atoms with Gasteiger partial charge in [-0.05, 0) is 42.7 Å². The Morgan fingerprint density at radius 3 is 2.54 bits per heavy atom. The average Bonchev–Trinajstić information content (AvgIpc) is 3.06. The van der Waals surface area contributed by atoms with Gasteiger partial charge in [0.25, 0.3) is 0 Å². The van der Waals surface area contributed by atoms with Crippen LogP contribution in [0.25, 0.3) is 16.8 Å². The van der Waals surface area contributed by atoms with Gasteiger partial charge < -0.3 is 4.90 Å². The normalized spacial score (nSPS) is 15.8. The lowest BCUT2D eigenvalue weighted by atomic mass is 9.96. The summed E-state index contributed by atoms with van der Waals surface area (Å²) in [5, 5.41) is 4.68. The molecule has 0 radical (unpaired) electrons. The first-order valence-electron chi connectivity index (χ1n) is 8.23. The smallest absolute Gasteiger partial charge is 0.219 e. The predicted molar refractivity (Wildman–Crippen MR) is 90.4 cm³/mol. The van der Waals surface area contributed by atoms with E-state index in [0.717, 1.165) is 48.5 Å². The van der Waals surface area contributed by atoms with Gasteiger partial charge in [-0.1, -0.05) is 0 Å². The van der Waals surface area contributed by atoms with Gasteiger partial charge in [-0.2, -0.15) is 5.10 Å². The number of amides is 1. The minimum Gasteiger partial charge on any atom is -0.343 e. The third-order valence-corrected chi connectivity index (χ3v) is 4.67. The monoisotopic (exact) mass is 321 g/mol. The van der Waals surface area contributed by atoms with E-state index in [1.54, 1.807) is 19.3 Å². The minimum atomic E-state index is 0.151. The summed E-state index contributed by atoms with van der Waals surface area (Å²) in [6.07, 6.45) is 7.43. The Hall–Kier alpha value is -2.76. The SMILES string of the molecule is CC(=O)N1CCC(c2nc3ccc(-c4ccncc4)cn3n2)CC1. The summed E-state index contributed by atoms with van der Waals surface area (Å²) in [6.45, 7) is 3.21. The molecule has 24 heavy (non-hydrogen) atoms. The largest absolute Gasteiger partial charge is 0.343 e. The fraction of sp³-hybridized carbons (Fsp3) is 0.333. The van der Waals surface area contributed by atoms with Gasteiger partial charge >= 0.3 is 0 Å². The van der Waals surface area contributed by atoms with Crippen molar-refractivity contribution in [3.8, 4) is 11.1 Å². The maximum Gasteiger partial charge on any atom is 0.219 e.